The number of Topliss-reactive ketones (excluding diaryl/α,β-unsaturated/α-hetero) is 3. The van der Waals surface area contributed by atoms with Crippen molar-refractivity contribution in [2.45, 2.75) is 235 Å². The Balaban J connectivity index is -0.000000374. The molecule has 0 fully saturated rings. The molecule has 0 spiro atoms. The van der Waals surface area contributed by atoms with Crippen molar-refractivity contribution in [3.05, 3.63) is 0 Å². The first-order chi connectivity index (χ1) is 26.4. The van der Waals surface area contributed by atoms with Crippen LogP contribution in [0.15, 0.2) is 0 Å². The number of carboxylic acids is 3. The number of carboxylic acid groups (broad SMARTS) is 3. The summed E-state index contributed by atoms with van der Waals surface area (Å²) in [4.78, 5) is 68.3. The largest absolute Gasteiger partial charge is 3.00 e. The fraction of sp³-hybridized carbons (Fsp3) is 0.857. The molecule has 0 rings (SSSR count). The minimum Gasteiger partial charge on any atom is -0.550 e. The number of ketones is 3. The van der Waals surface area contributed by atoms with Crippen LogP contribution in [0.25, 0.3) is 0 Å². The molecule has 0 aromatic heterocycles. The summed E-state index contributed by atoms with van der Waals surface area (Å²) in [5.41, 5.74) is 0. The molecule has 0 N–H and O–H groups in total. The van der Waals surface area contributed by atoms with E-state index in [-0.39, 0.29) is 73.2 Å². The van der Waals surface area contributed by atoms with E-state index in [2.05, 4.69) is 0 Å². The fourth-order valence-electron chi connectivity index (χ4n) is 4.82. The second-order valence-electron chi connectivity index (χ2n) is 14.3. The molecule has 0 amide bonds. The molecule has 0 saturated heterocycles. The zero-order chi connectivity index (χ0) is 45.2. The van der Waals surface area contributed by atoms with E-state index < -0.39 is 71.9 Å². The van der Waals surface area contributed by atoms with Crippen molar-refractivity contribution in [2.75, 3.05) is 0 Å². The summed E-state index contributed by atoms with van der Waals surface area (Å²) in [7, 11) is 0. The standard InChI is InChI=1S/3C14H26O5.Al/c3*1-6-10(4)18-14(8-3,19-11(5)7-2)12(15)9-13(16)17;/h3*10-11H,6-9H2,1-5H3,(H,16,17);/q;;;+3/p-3. The van der Waals surface area contributed by atoms with E-state index in [4.69, 9.17) is 28.4 Å². The van der Waals surface area contributed by atoms with E-state index in [1.807, 2.05) is 83.1 Å². The Morgan fingerprint density at radius 2 is 0.500 bits per heavy atom. The van der Waals surface area contributed by atoms with Crippen LogP contribution < -0.4 is 15.3 Å². The van der Waals surface area contributed by atoms with Crippen molar-refractivity contribution in [1.82, 2.24) is 0 Å². The zero-order valence-electron chi connectivity index (χ0n) is 38.2. The Labute approximate surface area is 359 Å². The van der Waals surface area contributed by atoms with Gasteiger partial charge in [0, 0.05) is 37.2 Å². The Bertz CT molecular complexity index is 1010. The molecule has 6 unspecified atom stereocenters. The maximum Gasteiger partial charge on any atom is 3.00 e. The summed E-state index contributed by atoms with van der Waals surface area (Å²) < 4.78 is 34.3. The number of carbonyl (C=O) groups is 6. The van der Waals surface area contributed by atoms with Crippen LogP contribution in [0, 0.1) is 0 Å². The van der Waals surface area contributed by atoms with Gasteiger partial charge < -0.3 is 58.1 Å². The second kappa shape index (κ2) is 32.5. The molecular weight excluding hydrogens is 771 g/mol. The van der Waals surface area contributed by atoms with Gasteiger partial charge in [-0.05, 0) is 80.1 Å². The molecule has 58 heavy (non-hydrogen) atoms. The Kier molecular flexibility index (Phi) is 34.9. The predicted molar refractivity (Wildman–Crippen MR) is 214 cm³/mol. The summed E-state index contributed by atoms with van der Waals surface area (Å²) in [6, 6.07) is 0. The van der Waals surface area contributed by atoms with E-state index in [9.17, 15) is 44.1 Å². The Morgan fingerprint density at radius 1 is 0.362 bits per heavy atom. The van der Waals surface area contributed by atoms with Crippen LogP contribution in [0.3, 0.4) is 0 Å². The molecule has 0 aromatic rings. The van der Waals surface area contributed by atoms with Gasteiger partial charge in [0.2, 0.25) is 17.4 Å². The third-order valence-corrected chi connectivity index (χ3v) is 9.38. The van der Waals surface area contributed by atoms with Gasteiger partial charge in [0.15, 0.2) is 17.3 Å². The average molecular weight is 847 g/mol. The van der Waals surface area contributed by atoms with Crippen LogP contribution in [0.4, 0.5) is 0 Å². The quantitative estimate of drug-likeness (QED) is 0.0567. The van der Waals surface area contributed by atoms with Gasteiger partial charge in [-0.2, -0.15) is 0 Å². The van der Waals surface area contributed by atoms with Crippen molar-refractivity contribution < 1.29 is 72.5 Å². The van der Waals surface area contributed by atoms with Gasteiger partial charge in [-0.3, -0.25) is 14.4 Å². The van der Waals surface area contributed by atoms with Crippen LogP contribution in [-0.2, 0) is 57.2 Å². The number of hydrogen-bond acceptors (Lipinski definition) is 15. The Morgan fingerprint density at radius 3 is 0.586 bits per heavy atom. The van der Waals surface area contributed by atoms with Gasteiger partial charge in [-0.1, -0.05) is 62.3 Å². The minimum absolute atomic E-state index is 0. The van der Waals surface area contributed by atoms with Crippen molar-refractivity contribution in [3.8, 4) is 0 Å². The molecular formula is C42H75AlO15. The van der Waals surface area contributed by atoms with Gasteiger partial charge in [-0.25, -0.2) is 0 Å². The molecule has 0 bridgehead atoms. The predicted octanol–water partition coefficient (Wildman–Crippen LogP) is 3.92. The topological polar surface area (TPSA) is 227 Å². The Hall–Kier alpha value is -2.29. The molecule has 0 heterocycles. The summed E-state index contributed by atoms with van der Waals surface area (Å²) >= 11 is 0. The molecule has 0 radical (unpaired) electrons. The number of aliphatic carboxylic acids is 3. The SMILES string of the molecule is CCC(C)OC(CC)(OC(C)CC)C(=O)CC(=O)[O-].CCC(C)OC(CC)(OC(C)CC)C(=O)CC(=O)[O-].CCC(C)OC(CC)(OC(C)CC)C(=O)CC(=O)[O-].[Al+3]. The summed E-state index contributed by atoms with van der Waals surface area (Å²) in [5.74, 6) is -10.4. The number of rotatable bonds is 30. The van der Waals surface area contributed by atoms with E-state index in [1.54, 1.807) is 20.8 Å². The third-order valence-electron chi connectivity index (χ3n) is 9.38. The van der Waals surface area contributed by atoms with Crippen LogP contribution in [0.5, 0.6) is 0 Å². The van der Waals surface area contributed by atoms with Crippen molar-refractivity contribution in [2.24, 2.45) is 0 Å². The normalized spacial score (nSPS) is 17.2. The van der Waals surface area contributed by atoms with Crippen molar-refractivity contribution in [1.29, 1.82) is 0 Å². The molecule has 6 atom stereocenters. The summed E-state index contributed by atoms with van der Waals surface area (Å²) in [5, 5.41) is 31.9. The van der Waals surface area contributed by atoms with Crippen LogP contribution in [-0.4, -0.2) is 107 Å². The summed E-state index contributed by atoms with van der Waals surface area (Å²) in [6.45, 7) is 27.8. The van der Waals surface area contributed by atoms with Gasteiger partial charge >= 0.3 is 17.4 Å². The van der Waals surface area contributed by atoms with Gasteiger partial charge in [0.25, 0.3) is 0 Å². The fourth-order valence-corrected chi connectivity index (χ4v) is 4.82. The maximum atomic E-state index is 12.1. The van der Waals surface area contributed by atoms with E-state index in [0.717, 1.165) is 0 Å². The van der Waals surface area contributed by atoms with Crippen LogP contribution >= 0.6 is 0 Å². The summed E-state index contributed by atoms with van der Waals surface area (Å²) in [6.07, 6.45) is 1.90. The van der Waals surface area contributed by atoms with Crippen LogP contribution in [0.1, 0.15) is 181 Å². The van der Waals surface area contributed by atoms with Gasteiger partial charge in [0.1, 0.15) is 0 Å². The molecule has 0 aromatic carbocycles. The van der Waals surface area contributed by atoms with Gasteiger partial charge in [0.05, 0.1) is 55.9 Å². The second-order valence-corrected chi connectivity index (χ2v) is 14.3. The monoisotopic (exact) mass is 846 g/mol. The average Bonchev–Trinajstić information content (AvgIpc) is 3.15. The molecule has 0 saturated carbocycles. The van der Waals surface area contributed by atoms with Crippen LogP contribution in [0.2, 0.25) is 0 Å². The van der Waals surface area contributed by atoms with E-state index >= 15 is 0 Å². The molecule has 336 valence electrons. The molecule has 0 aliphatic carbocycles. The smallest absolute Gasteiger partial charge is 0.550 e. The first-order valence-corrected chi connectivity index (χ1v) is 20.7. The number of carbonyl (C=O) groups excluding carboxylic acids is 6. The third kappa shape index (κ3) is 24.1. The van der Waals surface area contributed by atoms with Crippen molar-refractivity contribution >= 4 is 52.6 Å². The molecule has 0 aliphatic heterocycles. The number of hydrogen-bond donors (Lipinski definition) is 0. The maximum absolute atomic E-state index is 12.1. The van der Waals surface area contributed by atoms with E-state index in [1.165, 1.54) is 0 Å². The molecule has 0 aliphatic rings. The van der Waals surface area contributed by atoms with Crippen molar-refractivity contribution in [3.63, 3.8) is 0 Å². The van der Waals surface area contributed by atoms with Gasteiger partial charge in [-0.15, -0.1) is 0 Å². The molecule has 16 heteroatoms. The van der Waals surface area contributed by atoms with E-state index in [0.29, 0.717) is 38.5 Å². The molecule has 15 nitrogen and oxygen atoms in total. The zero-order valence-corrected chi connectivity index (χ0v) is 39.3. The first-order valence-electron chi connectivity index (χ1n) is 20.7. The minimum atomic E-state index is -1.48. The first kappa shape index (κ1) is 62.4. The number of ether oxygens (including phenoxy) is 6.